The molecule has 5 nitrogen and oxygen atoms in total. The maximum atomic E-state index is 12.3. The molecule has 0 aliphatic carbocycles. The molecule has 0 aromatic carbocycles. The summed E-state index contributed by atoms with van der Waals surface area (Å²) in [5, 5.41) is 9.09. The van der Waals surface area contributed by atoms with Gasteiger partial charge in [-0.2, -0.15) is 0 Å². The summed E-state index contributed by atoms with van der Waals surface area (Å²) in [5.41, 5.74) is 1.69. The summed E-state index contributed by atoms with van der Waals surface area (Å²) in [7, 11) is -3.68. The Balaban J connectivity index is 2.37. The molecule has 2 aromatic rings. The zero-order chi connectivity index (χ0) is 14.9. The summed E-state index contributed by atoms with van der Waals surface area (Å²) in [6.45, 7) is 5.24. The van der Waals surface area contributed by atoms with Crippen molar-refractivity contribution in [2.75, 3.05) is 4.72 Å². The smallest absolute Gasteiger partial charge is 0.264 e. The first-order valence-electron chi connectivity index (χ1n) is 6.00. The molecule has 108 valence electrons. The van der Waals surface area contributed by atoms with Crippen molar-refractivity contribution in [3.05, 3.63) is 39.2 Å². The Morgan fingerprint density at radius 1 is 1.25 bits per heavy atom. The maximum absolute atomic E-state index is 12.3. The highest BCUT2D eigenvalue weighted by Gasteiger charge is 2.20. The van der Waals surface area contributed by atoms with E-state index in [-0.39, 0.29) is 11.5 Å². The molecule has 2 aromatic heterocycles. The number of aromatic nitrogens is 1. The standard InChI is InChI=1S/C13H16N2O3S2/c1-8-4-9(2)14-13(5-8)15-20(17,18)12-6-11(7-16)19-10(12)3/h4-6,16H,7H2,1-3H3,(H,14,15). The molecule has 0 unspecified atom stereocenters. The van der Waals surface area contributed by atoms with E-state index in [1.165, 1.54) is 17.4 Å². The van der Waals surface area contributed by atoms with Crippen LogP contribution in [-0.4, -0.2) is 18.5 Å². The van der Waals surface area contributed by atoms with Crippen molar-refractivity contribution < 1.29 is 13.5 Å². The van der Waals surface area contributed by atoms with E-state index in [0.717, 1.165) is 11.3 Å². The molecule has 2 N–H and O–H groups in total. The lowest BCUT2D eigenvalue weighted by atomic mass is 10.2. The van der Waals surface area contributed by atoms with E-state index < -0.39 is 10.0 Å². The summed E-state index contributed by atoms with van der Waals surface area (Å²) in [6.07, 6.45) is 0. The molecule has 0 atom stereocenters. The highest BCUT2D eigenvalue weighted by atomic mass is 32.2. The lowest BCUT2D eigenvalue weighted by Crippen LogP contribution is -2.14. The van der Waals surface area contributed by atoms with Crippen LogP contribution in [0.15, 0.2) is 23.1 Å². The Hall–Kier alpha value is -1.44. The van der Waals surface area contributed by atoms with Crippen LogP contribution in [0.5, 0.6) is 0 Å². The van der Waals surface area contributed by atoms with Gasteiger partial charge in [0.15, 0.2) is 0 Å². The predicted molar refractivity (Wildman–Crippen MR) is 79.5 cm³/mol. The Morgan fingerprint density at radius 2 is 1.95 bits per heavy atom. The summed E-state index contributed by atoms with van der Waals surface area (Å²) < 4.78 is 27.2. The average Bonchev–Trinajstić information content (AvgIpc) is 2.69. The average molecular weight is 312 g/mol. The monoisotopic (exact) mass is 312 g/mol. The van der Waals surface area contributed by atoms with Crippen LogP contribution in [-0.2, 0) is 16.6 Å². The second kappa shape index (κ2) is 5.51. The number of hydrogen-bond acceptors (Lipinski definition) is 5. The van der Waals surface area contributed by atoms with Crippen LogP contribution in [0.3, 0.4) is 0 Å². The van der Waals surface area contributed by atoms with Gasteiger partial charge < -0.3 is 5.11 Å². The number of sulfonamides is 1. The van der Waals surface area contributed by atoms with E-state index in [4.69, 9.17) is 5.11 Å². The SMILES string of the molecule is Cc1cc(C)nc(NS(=O)(=O)c2cc(CO)sc2C)c1. The van der Waals surface area contributed by atoms with Crippen LogP contribution in [0.4, 0.5) is 5.82 Å². The lowest BCUT2D eigenvalue weighted by molar-refractivity contribution is 0.285. The van der Waals surface area contributed by atoms with Crippen molar-refractivity contribution in [2.45, 2.75) is 32.3 Å². The molecule has 0 fully saturated rings. The van der Waals surface area contributed by atoms with Gasteiger partial charge in [-0.3, -0.25) is 4.72 Å². The van der Waals surface area contributed by atoms with Gasteiger partial charge in [0.2, 0.25) is 0 Å². The highest BCUT2D eigenvalue weighted by Crippen LogP contribution is 2.27. The normalized spacial score (nSPS) is 11.6. The first kappa shape index (κ1) is 15.0. The Kier molecular flexibility index (Phi) is 4.12. The minimum absolute atomic E-state index is 0.164. The summed E-state index contributed by atoms with van der Waals surface area (Å²) in [6, 6.07) is 5.04. The van der Waals surface area contributed by atoms with Crippen molar-refractivity contribution in [3.8, 4) is 0 Å². The summed E-state index contributed by atoms with van der Waals surface area (Å²) in [4.78, 5) is 5.62. The van der Waals surface area contributed by atoms with E-state index in [0.29, 0.717) is 15.6 Å². The number of aliphatic hydroxyl groups is 1. The van der Waals surface area contributed by atoms with Gasteiger partial charge in [0, 0.05) is 15.4 Å². The molecular formula is C13H16N2O3S2. The molecule has 0 aliphatic rings. The Bertz CT molecular complexity index is 716. The molecule has 0 bridgehead atoms. The van der Waals surface area contributed by atoms with Crippen LogP contribution in [0.2, 0.25) is 0 Å². The van der Waals surface area contributed by atoms with Crippen molar-refractivity contribution in [1.82, 2.24) is 4.98 Å². The van der Waals surface area contributed by atoms with Gasteiger partial charge in [-0.1, -0.05) is 0 Å². The Labute approximate surface area is 122 Å². The van der Waals surface area contributed by atoms with Crippen molar-refractivity contribution in [1.29, 1.82) is 0 Å². The fraction of sp³-hybridized carbons (Fsp3) is 0.308. The molecule has 20 heavy (non-hydrogen) atoms. The fourth-order valence-electron chi connectivity index (χ4n) is 1.96. The third-order valence-electron chi connectivity index (χ3n) is 2.71. The number of nitrogens with one attached hydrogen (secondary N) is 1. The maximum Gasteiger partial charge on any atom is 0.264 e. The summed E-state index contributed by atoms with van der Waals surface area (Å²) >= 11 is 1.27. The van der Waals surface area contributed by atoms with Gasteiger partial charge in [-0.15, -0.1) is 11.3 Å². The minimum atomic E-state index is -3.68. The zero-order valence-electron chi connectivity index (χ0n) is 11.5. The molecular weight excluding hydrogens is 296 g/mol. The molecule has 2 heterocycles. The zero-order valence-corrected chi connectivity index (χ0v) is 13.1. The minimum Gasteiger partial charge on any atom is -0.391 e. The molecule has 0 spiro atoms. The second-order valence-corrected chi connectivity index (χ2v) is 7.56. The first-order chi connectivity index (χ1) is 9.31. The molecule has 0 saturated carbocycles. The number of rotatable bonds is 4. The number of aryl methyl sites for hydroxylation is 3. The largest absolute Gasteiger partial charge is 0.391 e. The van der Waals surface area contributed by atoms with E-state index in [1.54, 1.807) is 13.0 Å². The van der Waals surface area contributed by atoms with Gasteiger partial charge in [0.25, 0.3) is 10.0 Å². The lowest BCUT2D eigenvalue weighted by Gasteiger charge is -2.08. The molecule has 0 saturated heterocycles. The predicted octanol–water partition coefficient (Wildman–Crippen LogP) is 2.36. The van der Waals surface area contributed by atoms with E-state index in [9.17, 15) is 8.42 Å². The number of anilines is 1. The van der Waals surface area contributed by atoms with Gasteiger partial charge in [-0.05, 0) is 44.5 Å². The van der Waals surface area contributed by atoms with E-state index in [2.05, 4.69) is 9.71 Å². The number of thiophene rings is 1. The third kappa shape index (κ3) is 3.17. The van der Waals surface area contributed by atoms with E-state index in [1.807, 2.05) is 19.9 Å². The van der Waals surface area contributed by atoms with Crippen LogP contribution >= 0.6 is 11.3 Å². The number of hydrogen-bond donors (Lipinski definition) is 2. The number of pyridine rings is 1. The molecule has 0 amide bonds. The number of nitrogens with zero attached hydrogens (tertiary/aromatic N) is 1. The highest BCUT2D eigenvalue weighted by molar-refractivity contribution is 7.93. The summed E-state index contributed by atoms with van der Waals surface area (Å²) in [5.74, 6) is 0.304. The van der Waals surface area contributed by atoms with Crippen molar-refractivity contribution in [2.24, 2.45) is 0 Å². The van der Waals surface area contributed by atoms with Gasteiger partial charge >= 0.3 is 0 Å². The van der Waals surface area contributed by atoms with Crippen LogP contribution in [0, 0.1) is 20.8 Å². The topological polar surface area (TPSA) is 79.3 Å². The third-order valence-corrected chi connectivity index (χ3v) is 5.35. The quantitative estimate of drug-likeness (QED) is 0.908. The molecule has 2 rings (SSSR count). The second-order valence-electron chi connectivity index (χ2n) is 4.57. The Morgan fingerprint density at radius 3 is 2.50 bits per heavy atom. The number of aliphatic hydroxyl groups excluding tert-OH is 1. The van der Waals surface area contributed by atoms with Gasteiger partial charge in [0.05, 0.1) is 6.61 Å². The molecule has 7 heteroatoms. The van der Waals surface area contributed by atoms with Crippen molar-refractivity contribution in [3.63, 3.8) is 0 Å². The molecule has 0 aliphatic heterocycles. The van der Waals surface area contributed by atoms with Gasteiger partial charge in [-0.25, -0.2) is 13.4 Å². The molecule has 0 radical (unpaired) electrons. The van der Waals surface area contributed by atoms with Crippen LogP contribution < -0.4 is 4.72 Å². The van der Waals surface area contributed by atoms with Gasteiger partial charge in [0.1, 0.15) is 10.7 Å². The van der Waals surface area contributed by atoms with Crippen molar-refractivity contribution >= 4 is 27.2 Å². The van der Waals surface area contributed by atoms with Crippen LogP contribution in [0.1, 0.15) is 21.0 Å². The fourth-order valence-corrected chi connectivity index (χ4v) is 4.44. The first-order valence-corrected chi connectivity index (χ1v) is 8.30. The van der Waals surface area contributed by atoms with Crippen LogP contribution in [0.25, 0.3) is 0 Å². The van der Waals surface area contributed by atoms with E-state index >= 15 is 0 Å².